The number of aliphatic hydroxyl groups is 1. The first-order chi connectivity index (χ1) is 13.6. The smallest absolute Gasteiger partial charge is 0.296 e. The predicted octanol–water partition coefficient (Wildman–Crippen LogP) is 4.06. The van der Waals surface area contributed by atoms with Crippen LogP contribution in [0.3, 0.4) is 0 Å². The number of Topliss-reactive ketones (excluding diaryl/α,β-unsaturated/α-hetero) is 1. The van der Waals surface area contributed by atoms with Crippen molar-refractivity contribution in [2.45, 2.75) is 25.9 Å². The topological polar surface area (TPSA) is 83.9 Å². The summed E-state index contributed by atoms with van der Waals surface area (Å²) in [5.41, 5.74) is 1.60. The van der Waals surface area contributed by atoms with E-state index in [-0.39, 0.29) is 17.9 Å². The lowest BCUT2D eigenvalue weighted by Gasteiger charge is -2.22. The molecule has 3 heterocycles. The number of nitrogens with zero attached hydrogens (tertiary/aromatic N) is 1. The first-order valence-corrected chi connectivity index (χ1v) is 9.03. The molecule has 0 aliphatic carbocycles. The molecule has 28 heavy (non-hydrogen) atoms. The van der Waals surface area contributed by atoms with E-state index in [2.05, 4.69) is 0 Å². The van der Waals surface area contributed by atoms with Crippen molar-refractivity contribution < 1.29 is 23.5 Å². The van der Waals surface area contributed by atoms with Crippen LogP contribution in [0.25, 0.3) is 5.76 Å². The van der Waals surface area contributed by atoms with Crippen LogP contribution < -0.4 is 0 Å². The second-order valence-electron chi connectivity index (χ2n) is 6.57. The molecule has 0 saturated carbocycles. The number of furan rings is 2. The lowest BCUT2D eigenvalue weighted by Crippen LogP contribution is -2.28. The first-order valence-electron chi connectivity index (χ1n) is 9.03. The average Bonchev–Trinajstić information content (AvgIpc) is 3.46. The van der Waals surface area contributed by atoms with Crippen LogP contribution in [-0.4, -0.2) is 21.7 Å². The minimum Gasteiger partial charge on any atom is -0.507 e. The van der Waals surface area contributed by atoms with Crippen molar-refractivity contribution >= 4 is 17.4 Å². The van der Waals surface area contributed by atoms with E-state index >= 15 is 0 Å². The third kappa shape index (κ3) is 3.03. The van der Waals surface area contributed by atoms with Crippen molar-refractivity contribution in [3.63, 3.8) is 0 Å². The van der Waals surface area contributed by atoms with Gasteiger partial charge in [0.2, 0.25) is 0 Å². The number of aryl methyl sites for hydroxylation is 1. The van der Waals surface area contributed by atoms with Gasteiger partial charge in [0.05, 0.1) is 24.6 Å². The fourth-order valence-electron chi connectivity index (χ4n) is 3.41. The van der Waals surface area contributed by atoms with Crippen molar-refractivity contribution in [3.8, 4) is 0 Å². The third-order valence-corrected chi connectivity index (χ3v) is 4.89. The molecule has 1 aromatic carbocycles. The number of hydrogen-bond acceptors (Lipinski definition) is 5. The molecular formula is C22H19NO5. The third-order valence-electron chi connectivity index (χ3n) is 4.89. The number of benzene rings is 1. The Balaban J connectivity index is 1.81. The quantitative estimate of drug-likeness (QED) is 0.412. The van der Waals surface area contributed by atoms with Crippen LogP contribution in [0.15, 0.2) is 75.5 Å². The van der Waals surface area contributed by atoms with Gasteiger partial charge in [0.15, 0.2) is 0 Å². The van der Waals surface area contributed by atoms with Gasteiger partial charge in [0.1, 0.15) is 23.3 Å². The molecule has 6 nitrogen and oxygen atoms in total. The lowest BCUT2D eigenvalue weighted by atomic mass is 9.98. The van der Waals surface area contributed by atoms with Crippen molar-refractivity contribution in [1.29, 1.82) is 0 Å². The van der Waals surface area contributed by atoms with Gasteiger partial charge in [0.25, 0.3) is 11.7 Å². The van der Waals surface area contributed by atoms with Gasteiger partial charge in [-0.15, -0.1) is 0 Å². The molecule has 4 rings (SSSR count). The number of aliphatic hydroxyl groups excluding tert-OH is 1. The standard InChI is InChI=1S/C22H19NO5/c1-2-14-7-9-15(10-8-14)20(24)18-19(17-6-4-12-28-17)23(22(26)21(18)25)13-16-5-3-11-27-16/h3-12,19,24H,2,13H2,1H3/b20-18-. The fourth-order valence-corrected chi connectivity index (χ4v) is 3.41. The number of ketones is 1. The minimum absolute atomic E-state index is 0.00996. The molecule has 1 N–H and O–H groups in total. The van der Waals surface area contributed by atoms with E-state index in [0.29, 0.717) is 17.1 Å². The number of carbonyl (C=O) groups excluding carboxylic acids is 2. The number of amides is 1. The maximum absolute atomic E-state index is 12.8. The molecule has 3 aromatic rings. The minimum atomic E-state index is -0.828. The zero-order chi connectivity index (χ0) is 19.7. The molecule has 1 unspecified atom stereocenters. The lowest BCUT2D eigenvalue weighted by molar-refractivity contribution is -0.140. The summed E-state index contributed by atoms with van der Waals surface area (Å²) in [6.07, 6.45) is 3.84. The van der Waals surface area contributed by atoms with Crippen LogP contribution in [-0.2, 0) is 22.6 Å². The highest BCUT2D eigenvalue weighted by Crippen LogP contribution is 2.40. The molecule has 0 bridgehead atoms. The highest BCUT2D eigenvalue weighted by atomic mass is 16.3. The summed E-state index contributed by atoms with van der Waals surface area (Å²) in [5.74, 6) is -0.734. The number of hydrogen-bond donors (Lipinski definition) is 1. The zero-order valence-electron chi connectivity index (χ0n) is 15.3. The highest BCUT2D eigenvalue weighted by molar-refractivity contribution is 6.46. The predicted molar refractivity (Wildman–Crippen MR) is 101 cm³/mol. The van der Waals surface area contributed by atoms with E-state index in [1.807, 2.05) is 19.1 Å². The van der Waals surface area contributed by atoms with E-state index in [0.717, 1.165) is 12.0 Å². The second-order valence-corrected chi connectivity index (χ2v) is 6.57. The summed E-state index contributed by atoms with van der Waals surface area (Å²) in [6, 6.07) is 13.2. The Bertz CT molecular complexity index is 1010. The molecule has 0 spiro atoms. The number of likely N-dealkylation sites (tertiary alicyclic amines) is 1. The maximum Gasteiger partial charge on any atom is 0.296 e. The maximum atomic E-state index is 12.8. The molecule has 142 valence electrons. The van der Waals surface area contributed by atoms with Gasteiger partial charge < -0.3 is 18.8 Å². The molecule has 0 radical (unpaired) electrons. The van der Waals surface area contributed by atoms with Crippen molar-refractivity contribution in [1.82, 2.24) is 4.90 Å². The highest BCUT2D eigenvalue weighted by Gasteiger charge is 2.47. The van der Waals surface area contributed by atoms with Gasteiger partial charge in [-0.3, -0.25) is 9.59 Å². The van der Waals surface area contributed by atoms with Crippen LogP contribution in [0.1, 0.15) is 35.6 Å². The molecule has 1 aliphatic rings. The molecule has 1 saturated heterocycles. The van der Waals surface area contributed by atoms with Crippen LogP contribution in [0, 0.1) is 0 Å². The van der Waals surface area contributed by atoms with E-state index in [4.69, 9.17) is 8.83 Å². The van der Waals surface area contributed by atoms with Gasteiger partial charge in [-0.25, -0.2) is 0 Å². The average molecular weight is 377 g/mol. The summed E-state index contributed by atoms with van der Waals surface area (Å²) >= 11 is 0. The van der Waals surface area contributed by atoms with Crippen LogP contribution in [0.5, 0.6) is 0 Å². The first kappa shape index (κ1) is 17.9. The summed E-state index contributed by atoms with van der Waals surface area (Å²) in [5, 5.41) is 10.9. The Labute approximate surface area is 161 Å². The van der Waals surface area contributed by atoms with Crippen LogP contribution in [0.4, 0.5) is 0 Å². The number of rotatable bonds is 5. The fraction of sp³-hybridized carbons (Fsp3) is 0.182. The molecule has 1 atom stereocenters. The molecule has 1 amide bonds. The van der Waals surface area contributed by atoms with Gasteiger partial charge in [-0.2, -0.15) is 0 Å². The van der Waals surface area contributed by atoms with E-state index in [9.17, 15) is 14.7 Å². The van der Waals surface area contributed by atoms with Crippen molar-refractivity contribution in [3.05, 3.63) is 89.3 Å². The summed E-state index contributed by atoms with van der Waals surface area (Å²) < 4.78 is 10.8. The van der Waals surface area contributed by atoms with Crippen molar-refractivity contribution in [2.24, 2.45) is 0 Å². The van der Waals surface area contributed by atoms with E-state index in [1.165, 1.54) is 17.4 Å². The second kappa shape index (κ2) is 7.23. The Kier molecular flexibility index (Phi) is 4.61. The van der Waals surface area contributed by atoms with Gasteiger partial charge >= 0.3 is 0 Å². The van der Waals surface area contributed by atoms with Crippen molar-refractivity contribution in [2.75, 3.05) is 0 Å². The Morgan fingerprint density at radius 3 is 2.36 bits per heavy atom. The Morgan fingerprint density at radius 2 is 1.75 bits per heavy atom. The Morgan fingerprint density at radius 1 is 1.04 bits per heavy atom. The summed E-state index contributed by atoms with van der Waals surface area (Å²) in [6.45, 7) is 2.13. The van der Waals surface area contributed by atoms with Gasteiger partial charge in [-0.1, -0.05) is 31.2 Å². The Hall–Kier alpha value is -3.54. The van der Waals surface area contributed by atoms with E-state index in [1.54, 1.807) is 36.4 Å². The SMILES string of the molecule is CCc1ccc(/C(O)=C2/C(=O)C(=O)N(Cc3ccco3)C2c2ccco2)cc1. The van der Waals surface area contributed by atoms with Gasteiger partial charge in [-0.05, 0) is 36.2 Å². The molecule has 6 heteroatoms. The molecule has 1 fully saturated rings. The largest absolute Gasteiger partial charge is 0.507 e. The summed E-state index contributed by atoms with van der Waals surface area (Å²) in [7, 11) is 0. The molecular weight excluding hydrogens is 358 g/mol. The van der Waals surface area contributed by atoms with E-state index < -0.39 is 17.7 Å². The molecule has 2 aromatic heterocycles. The van der Waals surface area contributed by atoms with Gasteiger partial charge in [0, 0.05) is 5.56 Å². The zero-order valence-corrected chi connectivity index (χ0v) is 15.3. The van der Waals surface area contributed by atoms with Crippen LogP contribution in [0.2, 0.25) is 0 Å². The normalized spacial score (nSPS) is 18.8. The van der Waals surface area contributed by atoms with Crippen LogP contribution >= 0.6 is 0 Å². The monoisotopic (exact) mass is 377 g/mol. The summed E-state index contributed by atoms with van der Waals surface area (Å²) in [4.78, 5) is 26.9. The number of carbonyl (C=O) groups is 2. The molecule has 1 aliphatic heterocycles.